The van der Waals surface area contributed by atoms with Gasteiger partial charge in [-0.25, -0.2) is 0 Å². The largest absolute Gasteiger partial charge is 0.379 e. The highest BCUT2D eigenvalue weighted by Gasteiger charge is 2.41. The minimum Gasteiger partial charge on any atom is -0.379 e. The minimum absolute atomic E-state index is 0.0207. The van der Waals surface area contributed by atoms with Gasteiger partial charge in [-0.2, -0.15) is 0 Å². The van der Waals surface area contributed by atoms with Crippen LogP contribution in [-0.2, 0) is 4.74 Å². The first-order valence-corrected chi connectivity index (χ1v) is 11.5. The van der Waals surface area contributed by atoms with Crippen LogP contribution in [-0.4, -0.2) is 68.8 Å². The highest BCUT2D eigenvalue weighted by Crippen LogP contribution is 2.40. The maximum absolute atomic E-state index is 5.85. The predicted octanol–water partition coefficient (Wildman–Crippen LogP) is 2.88. The van der Waals surface area contributed by atoms with E-state index in [4.69, 9.17) is 17.0 Å². The van der Waals surface area contributed by atoms with Crippen LogP contribution in [0, 0.1) is 6.92 Å². The standard InChI is InChI=1S/C24H28N6OS/c1-18-7-8-21(30(18)19-5-4-9-25-17-19)23-22(20-6-2-3-10-26-20)27-24(32)29(23)12-11-28-13-15-31-16-14-28/h2-10,17,22-23H,11-16H2,1H3,(H,27,32)/t22-,23+/m0/s1. The molecule has 3 aromatic heterocycles. The van der Waals surface area contributed by atoms with Gasteiger partial charge in [-0.15, -0.1) is 0 Å². The molecule has 0 unspecified atom stereocenters. The van der Waals surface area contributed by atoms with Crippen LogP contribution in [0.4, 0.5) is 0 Å². The third-order valence-corrected chi connectivity index (χ3v) is 6.62. The molecule has 0 aliphatic carbocycles. The molecule has 2 atom stereocenters. The summed E-state index contributed by atoms with van der Waals surface area (Å²) in [4.78, 5) is 13.8. The second-order valence-electron chi connectivity index (χ2n) is 8.22. The first-order chi connectivity index (χ1) is 15.7. The van der Waals surface area contributed by atoms with Crippen molar-refractivity contribution < 1.29 is 4.74 Å². The Hall–Kier alpha value is -2.81. The fourth-order valence-corrected chi connectivity index (χ4v) is 5.00. The van der Waals surface area contributed by atoms with Gasteiger partial charge in [0.05, 0.1) is 42.9 Å². The summed E-state index contributed by atoms with van der Waals surface area (Å²) >= 11 is 5.85. The molecule has 0 bridgehead atoms. The molecule has 166 valence electrons. The first kappa shape index (κ1) is 21.1. The van der Waals surface area contributed by atoms with Gasteiger partial charge in [0.25, 0.3) is 0 Å². The van der Waals surface area contributed by atoms with Gasteiger partial charge >= 0.3 is 0 Å². The molecule has 0 spiro atoms. The molecule has 5 heterocycles. The molecule has 7 nitrogen and oxygen atoms in total. The van der Waals surface area contributed by atoms with Gasteiger partial charge in [-0.05, 0) is 55.5 Å². The summed E-state index contributed by atoms with van der Waals surface area (Å²) in [5, 5.41) is 4.34. The smallest absolute Gasteiger partial charge is 0.170 e. The number of aryl methyl sites for hydroxylation is 1. The van der Waals surface area contributed by atoms with Crippen molar-refractivity contribution in [2.45, 2.75) is 19.0 Å². The molecule has 2 aliphatic rings. The fourth-order valence-electron chi connectivity index (χ4n) is 4.67. The summed E-state index contributed by atoms with van der Waals surface area (Å²) < 4.78 is 7.80. The number of aromatic nitrogens is 3. The van der Waals surface area contributed by atoms with E-state index in [1.54, 1.807) is 6.20 Å². The first-order valence-electron chi connectivity index (χ1n) is 11.1. The monoisotopic (exact) mass is 448 g/mol. The van der Waals surface area contributed by atoms with Crippen LogP contribution in [0.5, 0.6) is 0 Å². The highest BCUT2D eigenvalue weighted by molar-refractivity contribution is 7.80. The SMILES string of the molecule is Cc1ccc([C@@H]2[C@H](c3ccccn3)NC(=S)N2CCN2CCOCC2)n1-c1cccnc1. The number of pyridine rings is 2. The molecular formula is C24H28N6OS. The van der Waals surface area contributed by atoms with Gasteiger partial charge in [-0.1, -0.05) is 6.07 Å². The Morgan fingerprint density at radius 3 is 2.69 bits per heavy atom. The Balaban J connectivity index is 1.52. The average molecular weight is 449 g/mol. The average Bonchev–Trinajstić information content (AvgIpc) is 3.38. The lowest BCUT2D eigenvalue weighted by Gasteiger charge is -2.32. The molecule has 0 saturated carbocycles. The van der Waals surface area contributed by atoms with Crippen molar-refractivity contribution >= 4 is 17.3 Å². The summed E-state index contributed by atoms with van der Waals surface area (Å²) in [6, 6.07) is 14.5. The zero-order valence-electron chi connectivity index (χ0n) is 18.2. The Labute approximate surface area is 194 Å². The molecule has 0 aromatic carbocycles. The van der Waals surface area contributed by atoms with Gasteiger partial charge in [-0.3, -0.25) is 14.9 Å². The van der Waals surface area contributed by atoms with E-state index in [1.165, 1.54) is 11.4 Å². The summed E-state index contributed by atoms with van der Waals surface area (Å²) in [6.07, 6.45) is 5.56. The van der Waals surface area contributed by atoms with E-state index in [9.17, 15) is 0 Å². The summed E-state index contributed by atoms with van der Waals surface area (Å²) in [5.74, 6) is 0. The molecule has 3 aromatic rings. The molecule has 2 aliphatic heterocycles. The van der Waals surface area contributed by atoms with Crippen molar-refractivity contribution in [2.24, 2.45) is 0 Å². The molecular weight excluding hydrogens is 420 g/mol. The van der Waals surface area contributed by atoms with Crippen LogP contribution >= 0.6 is 12.2 Å². The summed E-state index contributed by atoms with van der Waals surface area (Å²) in [6.45, 7) is 7.45. The van der Waals surface area contributed by atoms with Gasteiger partial charge in [0.1, 0.15) is 0 Å². The van der Waals surface area contributed by atoms with E-state index in [0.717, 1.165) is 55.9 Å². The van der Waals surface area contributed by atoms with E-state index in [0.29, 0.717) is 0 Å². The number of ether oxygens (including phenoxy) is 1. The van der Waals surface area contributed by atoms with Gasteiger partial charge in [0.15, 0.2) is 5.11 Å². The summed E-state index contributed by atoms with van der Waals surface area (Å²) in [5.41, 5.74) is 4.39. The number of hydrogen-bond donors (Lipinski definition) is 1. The van der Waals surface area contributed by atoms with Gasteiger partial charge < -0.3 is 19.5 Å². The zero-order chi connectivity index (χ0) is 21.9. The molecule has 2 fully saturated rings. The van der Waals surface area contributed by atoms with Gasteiger partial charge in [0, 0.05) is 50.0 Å². The molecule has 0 amide bonds. The lowest BCUT2D eigenvalue weighted by molar-refractivity contribution is 0.0349. The topological polar surface area (TPSA) is 58.5 Å². The highest BCUT2D eigenvalue weighted by atomic mass is 32.1. The molecule has 5 rings (SSSR count). The Bertz CT molecular complexity index is 1050. The lowest BCUT2D eigenvalue weighted by atomic mass is 10.0. The van der Waals surface area contributed by atoms with Crippen molar-refractivity contribution in [2.75, 3.05) is 39.4 Å². The van der Waals surface area contributed by atoms with E-state index >= 15 is 0 Å². The maximum atomic E-state index is 5.85. The zero-order valence-corrected chi connectivity index (χ0v) is 19.0. The van der Waals surface area contributed by atoms with E-state index in [2.05, 4.69) is 60.8 Å². The van der Waals surface area contributed by atoms with Crippen LogP contribution in [0.3, 0.4) is 0 Å². The fraction of sp³-hybridized carbons (Fsp3) is 0.375. The second kappa shape index (κ2) is 9.36. The van der Waals surface area contributed by atoms with Crippen LogP contribution < -0.4 is 5.32 Å². The number of hydrogen-bond acceptors (Lipinski definition) is 5. The molecule has 0 radical (unpaired) electrons. The van der Waals surface area contributed by atoms with Crippen molar-refractivity contribution in [3.05, 3.63) is 78.1 Å². The van der Waals surface area contributed by atoms with Crippen LogP contribution in [0.25, 0.3) is 5.69 Å². The second-order valence-corrected chi connectivity index (χ2v) is 8.61. The van der Waals surface area contributed by atoms with Crippen molar-refractivity contribution in [1.29, 1.82) is 0 Å². The maximum Gasteiger partial charge on any atom is 0.170 e. The number of morpholine rings is 1. The Morgan fingerprint density at radius 2 is 1.94 bits per heavy atom. The van der Waals surface area contributed by atoms with Gasteiger partial charge in [0.2, 0.25) is 0 Å². The van der Waals surface area contributed by atoms with Crippen LogP contribution in [0.15, 0.2) is 61.1 Å². The third kappa shape index (κ3) is 4.13. The van der Waals surface area contributed by atoms with Crippen LogP contribution in [0.1, 0.15) is 29.2 Å². The molecule has 8 heteroatoms. The minimum atomic E-state index is -0.0295. The summed E-state index contributed by atoms with van der Waals surface area (Å²) in [7, 11) is 0. The van der Waals surface area contributed by atoms with Crippen LogP contribution in [0.2, 0.25) is 0 Å². The molecule has 2 saturated heterocycles. The van der Waals surface area contributed by atoms with E-state index < -0.39 is 0 Å². The lowest BCUT2D eigenvalue weighted by Crippen LogP contribution is -2.42. The van der Waals surface area contributed by atoms with Crippen molar-refractivity contribution in [3.63, 3.8) is 0 Å². The predicted molar refractivity (Wildman–Crippen MR) is 128 cm³/mol. The Kier molecular flexibility index (Phi) is 6.16. The van der Waals surface area contributed by atoms with Crippen molar-refractivity contribution in [1.82, 2.24) is 29.7 Å². The number of thiocarbonyl (C=S) groups is 1. The number of rotatable bonds is 6. The normalized spacial score (nSPS) is 21.7. The number of nitrogens with zero attached hydrogens (tertiary/aromatic N) is 5. The molecule has 1 N–H and O–H groups in total. The van der Waals surface area contributed by atoms with E-state index in [1.807, 2.05) is 30.6 Å². The van der Waals surface area contributed by atoms with E-state index in [-0.39, 0.29) is 12.1 Å². The quantitative estimate of drug-likeness (QED) is 0.582. The Morgan fingerprint density at radius 1 is 1.06 bits per heavy atom. The van der Waals surface area contributed by atoms with Crippen molar-refractivity contribution in [3.8, 4) is 5.69 Å². The molecule has 32 heavy (non-hydrogen) atoms. The third-order valence-electron chi connectivity index (χ3n) is 6.27. The number of nitrogens with one attached hydrogen (secondary N) is 1.